The van der Waals surface area contributed by atoms with Crippen LogP contribution in [-0.2, 0) is 9.47 Å². The van der Waals surface area contributed by atoms with Gasteiger partial charge in [0.1, 0.15) is 6.73 Å². The van der Waals surface area contributed by atoms with Gasteiger partial charge in [0.15, 0.2) is 0 Å². The number of nitrogens with zero attached hydrogens (tertiary/aromatic N) is 4. The lowest BCUT2D eigenvalue weighted by Gasteiger charge is -2.23. The van der Waals surface area contributed by atoms with Crippen LogP contribution in [0.15, 0.2) is 72.8 Å². The Morgan fingerprint density at radius 3 is 1.18 bits per heavy atom. The van der Waals surface area contributed by atoms with Crippen LogP contribution in [0.3, 0.4) is 0 Å². The molecule has 55 heavy (non-hydrogen) atoms. The normalized spacial score (nSPS) is 17.1. The Hall–Kier alpha value is -6.64. The van der Waals surface area contributed by atoms with Gasteiger partial charge in [-0.2, -0.15) is 0 Å². The molecule has 2 unspecified atom stereocenters. The summed E-state index contributed by atoms with van der Waals surface area (Å²) in [5.74, 6) is -3.61. The van der Waals surface area contributed by atoms with E-state index >= 15 is 0 Å². The van der Waals surface area contributed by atoms with Gasteiger partial charge in [-0.15, -0.1) is 0 Å². The molecule has 0 aliphatic carbocycles. The van der Waals surface area contributed by atoms with Crippen LogP contribution in [0.1, 0.15) is 96.7 Å². The summed E-state index contributed by atoms with van der Waals surface area (Å²) in [4.78, 5) is 107. The predicted molar refractivity (Wildman–Crippen MR) is 193 cm³/mol. The lowest BCUT2D eigenvalue weighted by molar-refractivity contribution is -0.0564. The molecular weight excluding hydrogens is 708 g/mol. The van der Waals surface area contributed by atoms with Crippen molar-refractivity contribution in [1.82, 2.24) is 19.6 Å². The quantitative estimate of drug-likeness (QED) is 0.216. The molecule has 14 heteroatoms. The maximum absolute atomic E-state index is 13.4. The summed E-state index contributed by atoms with van der Waals surface area (Å²) in [5.41, 5.74) is 4.44. The smallest absolute Gasteiger partial charge is 0.263 e. The van der Waals surface area contributed by atoms with Gasteiger partial charge in [-0.3, -0.25) is 53.1 Å². The Bertz CT molecular complexity index is 2470. The number of hydrogen-bond acceptors (Lipinski definition) is 10. The fourth-order valence-electron chi connectivity index (χ4n) is 7.16. The molecule has 0 saturated carbocycles. The molecule has 4 aliphatic heterocycles. The molecule has 0 spiro atoms. The lowest BCUT2D eigenvalue weighted by atomic mass is 9.97. The second kappa shape index (κ2) is 13.0. The van der Waals surface area contributed by atoms with E-state index in [0.717, 1.165) is 19.6 Å². The summed E-state index contributed by atoms with van der Waals surface area (Å²) in [6.45, 7) is 3.06. The van der Waals surface area contributed by atoms with Crippen LogP contribution in [0.25, 0.3) is 22.3 Å². The third-order valence-corrected chi connectivity index (χ3v) is 10.3. The molecule has 276 valence electrons. The third-order valence-electron chi connectivity index (χ3n) is 10.3. The molecule has 14 nitrogen and oxygen atoms in total. The van der Waals surface area contributed by atoms with Crippen molar-refractivity contribution in [2.75, 3.05) is 34.0 Å². The largest absolute Gasteiger partial charge is 0.374 e. The number of carbonyl (C=O) groups excluding carboxylic acids is 8. The number of hydrogen-bond donors (Lipinski definition) is 0. The van der Waals surface area contributed by atoms with Crippen LogP contribution >= 0.6 is 0 Å². The van der Waals surface area contributed by atoms with Crippen LogP contribution < -0.4 is 0 Å². The highest BCUT2D eigenvalue weighted by molar-refractivity contribution is 6.24. The zero-order valence-electron chi connectivity index (χ0n) is 30.1. The van der Waals surface area contributed by atoms with Crippen molar-refractivity contribution in [3.63, 3.8) is 0 Å². The first kappa shape index (κ1) is 35.4. The summed E-state index contributed by atoms with van der Waals surface area (Å²) in [6, 6.07) is 19.4. The van der Waals surface area contributed by atoms with Gasteiger partial charge in [-0.1, -0.05) is 24.3 Å². The van der Waals surface area contributed by atoms with Crippen LogP contribution in [0, 0.1) is 0 Å². The number of carbonyl (C=O) groups is 8. The third kappa shape index (κ3) is 5.65. The van der Waals surface area contributed by atoms with E-state index < -0.39 is 47.7 Å². The highest BCUT2D eigenvalue weighted by Gasteiger charge is 2.39. The molecule has 2 atom stereocenters. The number of benzene rings is 4. The molecule has 0 saturated heterocycles. The zero-order chi connectivity index (χ0) is 39.0. The van der Waals surface area contributed by atoms with E-state index in [0.29, 0.717) is 33.4 Å². The van der Waals surface area contributed by atoms with E-state index in [4.69, 9.17) is 9.47 Å². The van der Waals surface area contributed by atoms with Crippen molar-refractivity contribution >= 4 is 47.3 Å². The number of fused-ring (bicyclic) bond motifs is 4. The first-order chi connectivity index (χ1) is 26.2. The number of rotatable bonds is 10. The molecule has 0 bridgehead atoms. The zero-order valence-corrected chi connectivity index (χ0v) is 30.1. The van der Waals surface area contributed by atoms with Crippen molar-refractivity contribution in [2.45, 2.75) is 26.1 Å². The van der Waals surface area contributed by atoms with Crippen molar-refractivity contribution < 1.29 is 47.8 Å². The maximum Gasteiger partial charge on any atom is 0.263 e. The summed E-state index contributed by atoms with van der Waals surface area (Å²) < 4.78 is 11.7. The highest BCUT2D eigenvalue weighted by atomic mass is 16.5. The van der Waals surface area contributed by atoms with Crippen molar-refractivity contribution in [3.8, 4) is 22.3 Å². The average Bonchev–Trinajstić information content (AvgIpc) is 3.75. The van der Waals surface area contributed by atoms with Gasteiger partial charge >= 0.3 is 0 Å². The summed E-state index contributed by atoms with van der Waals surface area (Å²) in [7, 11) is 2.83. The number of amides is 8. The van der Waals surface area contributed by atoms with Gasteiger partial charge in [-0.25, -0.2) is 4.90 Å². The Morgan fingerprint density at radius 2 is 0.745 bits per heavy atom. The van der Waals surface area contributed by atoms with Crippen molar-refractivity contribution in [2.24, 2.45) is 0 Å². The lowest BCUT2D eigenvalue weighted by Crippen LogP contribution is -2.38. The van der Waals surface area contributed by atoms with E-state index in [1.807, 2.05) is 0 Å². The van der Waals surface area contributed by atoms with Gasteiger partial charge in [0.05, 0.1) is 69.9 Å². The van der Waals surface area contributed by atoms with Crippen molar-refractivity contribution in [3.05, 3.63) is 117 Å². The summed E-state index contributed by atoms with van der Waals surface area (Å²) >= 11 is 0. The molecule has 0 N–H and O–H groups in total. The van der Waals surface area contributed by atoms with Crippen LogP contribution in [0.5, 0.6) is 0 Å². The van der Waals surface area contributed by atoms with E-state index in [1.165, 1.54) is 14.1 Å². The van der Waals surface area contributed by atoms with Crippen LogP contribution in [0.2, 0.25) is 0 Å². The fraction of sp³-hybridized carbons (Fsp3) is 0.220. The first-order valence-electron chi connectivity index (χ1n) is 17.4. The summed E-state index contributed by atoms with van der Waals surface area (Å²) in [6.07, 6.45) is -1.16. The van der Waals surface area contributed by atoms with Crippen LogP contribution in [-0.4, -0.2) is 113 Å². The van der Waals surface area contributed by atoms with E-state index in [-0.39, 0.29) is 65.1 Å². The Kier molecular flexibility index (Phi) is 8.39. The first-order valence-corrected chi connectivity index (χ1v) is 17.4. The monoisotopic (exact) mass is 740 g/mol. The van der Waals surface area contributed by atoms with Crippen LogP contribution in [0.4, 0.5) is 0 Å². The highest BCUT2D eigenvalue weighted by Crippen LogP contribution is 2.34. The molecule has 4 heterocycles. The number of ether oxygens (including phenoxy) is 2. The maximum atomic E-state index is 13.4. The minimum absolute atomic E-state index is 0.0330. The predicted octanol–water partition coefficient (Wildman–Crippen LogP) is 4.13. The van der Waals surface area contributed by atoms with Gasteiger partial charge in [0, 0.05) is 14.1 Å². The molecule has 8 amide bonds. The molecule has 0 fully saturated rings. The second-order valence-electron chi connectivity index (χ2n) is 13.9. The molecule has 4 aliphatic rings. The van der Waals surface area contributed by atoms with E-state index in [9.17, 15) is 38.4 Å². The second-order valence-corrected chi connectivity index (χ2v) is 13.9. The Balaban J connectivity index is 0.859. The minimum Gasteiger partial charge on any atom is -0.374 e. The standard InChI is InChI=1S/C41H32N4O10/c1-20(17-44-38(50)28-11-7-24(15-32(28)40(44)52)22-5-9-26-30(13-22)36(48)42(3)34(26)46)54-18-21(2)55-19-45-39(51)29-12-8-25(16-33(29)41(45)53)23-6-10-27-31(14-23)37(49)43(4)35(27)47/h5-16,20-21H,17-19H2,1-4H3. The number of imide groups is 4. The van der Waals surface area contributed by atoms with Gasteiger partial charge < -0.3 is 9.47 Å². The molecule has 4 aromatic carbocycles. The summed E-state index contributed by atoms with van der Waals surface area (Å²) in [5, 5.41) is 0. The Morgan fingerprint density at radius 1 is 0.418 bits per heavy atom. The molecule has 4 aromatic rings. The molecule has 0 radical (unpaired) electrons. The minimum atomic E-state index is -0.587. The molecule has 8 rings (SSSR count). The van der Waals surface area contributed by atoms with Gasteiger partial charge in [-0.05, 0) is 84.6 Å². The Labute approximate surface area is 313 Å². The van der Waals surface area contributed by atoms with E-state index in [2.05, 4.69) is 0 Å². The van der Waals surface area contributed by atoms with Crippen molar-refractivity contribution in [1.29, 1.82) is 0 Å². The molecule has 0 aromatic heterocycles. The van der Waals surface area contributed by atoms with Gasteiger partial charge in [0.25, 0.3) is 47.3 Å². The van der Waals surface area contributed by atoms with Gasteiger partial charge in [0.2, 0.25) is 0 Å². The molecular formula is C41H32N4O10. The average molecular weight is 741 g/mol. The topological polar surface area (TPSA) is 168 Å². The fourth-order valence-corrected chi connectivity index (χ4v) is 7.16. The van der Waals surface area contributed by atoms with E-state index in [1.54, 1.807) is 86.6 Å². The SMILES string of the molecule is CC(COC(C)CN1C(=O)c2ccc(-c3ccc4c(c3)C(=O)N(C)C4=O)cc2C1=O)OCN1C(=O)c2ccc(-c3ccc4c(c3)C(=O)N(C)C4=O)cc2C1=O.